The number of ketones is 3. The lowest BCUT2D eigenvalue weighted by molar-refractivity contribution is 0.0666. The smallest absolute Gasteiger partial charge is 0.185 e. The standard InChI is InChI=1S/C33H21ClFNO3/c34-22-10-6-9-21(17-22)28-29(30(37)19-7-2-1-3-8-19)36-26-15-14-23(35)18-20(26)13-16-27(36)33(28)31(38)24-11-4-5-12-25(24)32(33)39/h1-18,27-29H. The molecule has 1 fully saturated rings. The van der Waals surface area contributed by atoms with E-state index in [0.29, 0.717) is 38.5 Å². The Morgan fingerprint density at radius 2 is 1.51 bits per heavy atom. The third-order valence-electron chi connectivity index (χ3n) is 8.30. The van der Waals surface area contributed by atoms with Crippen LogP contribution in [-0.4, -0.2) is 29.4 Å². The molecule has 1 aliphatic carbocycles. The van der Waals surface area contributed by atoms with Gasteiger partial charge in [0, 0.05) is 38.9 Å². The van der Waals surface area contributed by atoms with Crippen molar-refractivity contribution in [2.75, 3.05) is 4.90 Å². The topological polar surface area (TPSA) is 54.5 Å². The van der Waals surface area contributed by atoms with Crippen LogP contribution in [0.15, 0.2) is 103 Å². The van der Waals surface area contributed by atoms with Crippen LogP contribution in [-0.2, 0) is 0 Å². The van der Waals surface area contributed by atoms with Gasteiger partial charge in [0.05, 0.1) is 6.04 Å². The molecule has 4 nitrogen and oxygen atoms in total. The van der Waals surface area contributed by atoms with Crippen LogP contribution in [0.1, 0.15) is 48.1 Å². The molecule has 1 spiro atoms. The minimum absolute atomic E-state index is 0.232. The Hall–Kier alpha value is -4.35. The molecule has 2 aliphatic heterocycles. The summed E-state index contributed by atoms with van der Waals surface area (Å²) in [4.78, 5) is 45.4. The van der Waals surface area contributed by atoms with Gasteiger partial charge in [-0.3, -0.25) is 14.4 Å². The van der Waals surface area contributed by atoms with Crippen LogP contribution in [0.5, 0.6) is 0 Å². The molecule has 3 aliphatic rings. The van der Waals surface area contributed by atoms with Crippen molar-refractivity contribution in [3.63, 3.8) is 0 Å². The molecule has 0 saturated carbocycles. The number of carbonyl (C=O) groups excluding carboxylic acids is 3. The van der Waals surface area contributed by atoms with Gasteiger partial charge in [-0.05, 0) is 35.9 Å². The van der Waals surface area contributed by atoms with Gasteiger partial charge < -0.3 is 4.90 Å². The number of carbonyl (C=O) groups is 3. The van der Waals surface area contributed by atoms with Gasteiger partial charge in [-0.2, -0.15) is 0 Å². The van der Waals surface area contributed by atoms with E-state index in [1.807, 2.05) is 17.0 Å². The van der Waals surface area contributed by atoms with Crippen LogP contribution in [0.4, 0.5) is 10.1 Å². The Morgan fingerprint density at radius 1 is 0.821 bits per heavy atom. The van der Waals surface area contributed by atoms with Gasteiger partial charge in [-0.1, -0.05) is 90.5 Å². The molecule has 2 heterocycles. The van der Waals surface area contributed by atoms with Crippen molar-refractivity contribution in [1.82, 2.24) is 0 Å². The van der Waals surface area contributed by atoms with E-state index >= 15 is 0 Å². The second kappa shape index (κ2) is 8.58. The van der Waals surface area contributed by atoms with E-state index in [1.54, 1.807) is 84.9 Å². The number of hydrogen-bond acceptors (Lipinski definition) is 4. The van der Waals surface area contributed by atoms with E-state index in [1.165, 1.54) is 12.1 Å². The molecule has 0 aromatic heterocycles. The number of hydrogen-bond donors (Lipinski definition) is 0. The molecule has 190 valence electrons. The second-order valence-electron chi connectivity index (χ2n) is 10.2. The highest BCUT2D eigenvalue weighted by Gasteiger charge is 2.71. The molecular formula is C33H21ClFNO3. The Labute approximate surface area is 229 Å². The van der Waals surface area contributed by atoms with E-state index in [4.69, 9.17) is 11.6 Å². The third kappa shape index (κ3) is 3.20. The molecule has 0 radical (unpaired) electrons. The van der Waals surface area contributed by atoms with Crippen molar-refractivity contribution in [2.45, 2.75) is 18.0 Å². The van der Waals surface area contributed by atoms with E-state index in [-0.39, 0.29) is 17.3 Å². The highest BCUT2D eigenvalue weighted by Crippen LogP contribution is 2.61. The molecule has 1 saturated heterocycles. The van der Waals surface area contributed by atoms with E-state index < -0.39 is 29.2 Å². The average molecular weight is 534 g/mol. The highest BCUT2D eigenvalue weighted by molar-refractivity contribution is 6.32. The maximum absolute atomic E-state index is 14.5. The zero-order valence-electron chi connectivity index (χ0n) is 20.6. The summed E-state index contributed by atoms with van der Waals surface area (Å²) < 4.78 is 14.3. The van der Waals surface area contributed by atoms with E-state index in [2.05, 4.69) is 0 Å². The van der Waals surface area contributed by atoms with Gasteiger partial charge in [0.25, 0.3) is 0 Å². The minimum Gasteiger partial charge on any atom is -0.352 e. The van der Waals surface area contributed by atoms with Crippen molar-refractivity contribution in [3.8, 4) is 0 Å². The Bertz CT molecular complexity index is 1700. The summed E-state index contributed by atoms with van der Waals surface area (Å²) >= 11 is 6.45. The lowest BCUT2D eigenvalue weighted by Gasteiger charge is -2.37. The molecular weight excluding hydrogens is 513 g/mol. The zero-order chi connectivity index (χ0) is 26.9. The Morgan fingerprint density at radius 3 is 2.21 bits per heavy atom. The largest absolute Gasteiger partial charge is 0.352 e. The maximum Gasteiger partial charge on any atom is 0.185 e. The van der Waals surface area contributed by atoms with E-state index in [0.717, 1.165) is 0 Å². The summed E-state index contributed by atoms with van der Waals surface area (Å²) in [6.07, 6.45) is 3.52. The third-order valence-corrected chi connectivity index (χ3v) is 8.54. The van der Waals surface area contributed by atoms with Gasteiger partial charge in [-0.25, -0.2) is 4.39 Å². The van der Waals surface area contributed by atoms with Gasteiger partial charge in [0.1, 0.15) is 17.3 Å². The first-order valence-electron chi connectivity index (χ1n) is 12.7. The number of fused-ring (bicyclic) bond motifs is 5. The Balaban J connectivity index is 1.56. The molecule has 4 aromatic carbocycles. The van der Waals surface area contributed by atoms with Crippen molar-refractivity contribution >= 4 is 40.7 Å². The molecule has 4 aromatic rings. The fraction of sp³-hybridized carbons (Fsp3) is 0.121. The Kier molecular flexibility index (Phi) is 5.23. The van der Waals surface area contributed by atoms with Crippen LogP contribution in [0, 0.1) is 11.2 Å². The summed E-state index contributed by atoms with van der Waals surface area (Å²) in [6, 6.07) is 25.4. The fourth-order valence-corrected chi connectivity index (χ4v) is 6.99. The van der Waals surface area contributed by atoms with Crippen molar-refractivity contribution in [2.24, 2.45) is 5.41 Å². The van der Waals surface area contributed by atoms with Gasteiger partial charge in [-0.15, -0.1) is 0 Å². The summed E-state index contributed by atoms with van der Waals surface area (Å²) in [7, 11) is 0. The summed E-state index contributed by atoms with van der Waals surface area (Å²) in [6.45, 7) is 0. The normalized spacial score (nSPS) is 22.1. The number of benzene rings is 4. The van der Waals surface area contributed by atoms with Crippen molar-refractivity contribution in [1.29, 1.82) is 0 Å². The first kappa shape index (κ1) is 23.7. The predicted molar refractivity (Wildman–Crippen MR) is 148 cm³/mol. The molecule has 0 bridgehead atoms. The van der Waals surface area contributed by atoms with Crippen LogP contribution in [0.2, 0.25) is 5.02 Å². The van der Waals surface area contributed by atoms with Crippen LogP contribution >= 0.6 is 11.6 Å². The summed E-state index contributed by atoms with van der Waals surface area (Å²) in [5.41, 5.74) is 1.33. The monoisotopic (exact) mass is 533 g/mol. The predicted octanol–water partition coefficient (Wildman–Crippen LogP) is 6.80. The number of anilines is 1. The molecule has 0 N–H and O–H groups in total. The van der Waals surface area contributed by atoms with E-state index in [9.17, 15) is 18.8 Å². The summed E-state index contributed by atoms with van der Waals surface area (Å²) in [5, 5.41) is 0.437. The number of halogens is 2. The molecule has 7 rings (SSSR count). The SMILES string of the molecule is O=C(c1ccccc1)C1C(c2cccc(Cl)c2)C2(C(=O)c3ccccc3C2=O)C2C=Cc3cc(F)ccc3N12. The lowest BCUT2D eigenvalue weighted by Crippen LogP contribution is -2.48. The van der Waals surface area contributed by atoms with Crippen LogP contribution in [0.3, 0.4) is 0 Å². The lowest BCUT2D eigenvalue weighted by atomic mass is 9.64. The van der Waals surface area contributed by atoms with Crippen molar-refractivity contribution in [3.05, 3.63) is 142 Å². The van der Waals surface area contributed by atoms with Gasteiger partial charge >= 0.3 is 0 Å². The molecule has 0 amide bonds. The quantitative estimate of drug-likeness (QED) is 0.215. The maximum atomic E-state index is 14.5. The van der Waals surface area contributed by atoms with Crippen LogP contribution < -0.4 is 4.90 Å². The summed E-state index contributed by atoms with van der Waals surface area (Å²) in [5.74, 6) is -2.14. The fourth-order valence-electron chi connectivity index (χ4n) is 6.79. The first-order valence-corrected chi connectivity index (χ1v) is 13.1. The zero-order valence-corrected chi connectivity index (χ0v) is 21.3. The van der Waals surface area contributed by atoms with Crippen molar-refractivity contribution < 1.29 is 18.8 Å². The first-order chi connectivity index (χ1) is 18.9. The second-order valence-corrected chi connectivity index (χ2v) is 10.6. The van der Waals surface area contributed by atoms with Crippen LogP contribution in [0.25, 0.3) is 6.08 Å². The molecule has 3 atom stereocenters. The minimum atomic E-state index is -1.62. The van der Waals surface area contributed by atoms with Gasteiger partial charge in [0.2, 0.25) is 0 Å². The average Bonchev–Trinajstić information content (AvgIpc) is 3.39. The molecule has 39 heavy (non-hydrogen) atoms. The number of Topliss-reactive ketones (excluding diaryl/α,β-unsaturated/α-hetero) is 3. The highest BCUT2D eigenvalue weighted by atomic mass is 35.5. The van der Waals surface area contributed by atoms with Gasteiger partial charge in [0.15, 0.2) is 17.3 Å². The number of nitrogens with zero attached hydrogens (tertiary/aromatic N) is 1. The number of rotatable bonds is 3. The molecule has 6 heteroatoms. The molecule has 3 unspecified atom stereocenters.